The van der Waals surface area contributed by atoms with Crippen LogP contribution in [0.2, 0.25) is 5.02 Å². The Labute approximate surface area is 180 Å². The van der Waals surface area contributed by atoms with Gasteiger partial charge in [0.2, 0.25) is 12.3 Å². The average Bonchev–Trinajstić information content (AvgIpc) is 3.05. The van der Waals surface area contributed by atoms with Crippen molar-refractivity contribution < 1.29 is 14.3 Å². The Bertz CT molecular complexity index is 1110. The number of hydrazone groups is 1. The lowest BCUT2D eigenvalue weighted by molar-refractivity contribution is -0.596. The molecule has 0 radical (unpaired) electrons. The van der Waals surface area contributed by atoms with Crippen LogP contribution < -0.4 is 10.7 Å². The van der Waals surface area contributed by atoms with Crippen molar-refractivity contribution in [3.63, 3.8) is 0 Å². The molecule has 3 aromatic carbocycles. The molecule has 1 heterocycles. The number of hydrazine groups is 1. The molecule has 2 atom stereocenters. The van der Waals surface area contributed by atoms with E-state index in [9.17, 15) is 9.59 Å². The van der Waals surface area contributed by atoms with Crippen LogP contribution in [0.15, 0.2) is 78.9 Å². The summed E-state index contributed by atoms with van der Waals surface area (Å²) in [5, 5.41) is 3.50. The number of hydrogen-bond acceptors (Lipinski definition) is 2. The molecule has 0 bridgehead atoms. The van der Waals surface area contributed by atoms with Crippen LogP contribution in [-0.2, 0) is 4.79 Å². The Balaban J connectivity index is 1.73. The molecule has 150 valence electrons. The molecule has 0 saturated carbocycles. The number of aryl methyl sites for hydroxylation is 1. The summed E-state index contributed by atoms with van der Waals surface area (Å²) in [6.07, 6.45) is 1.89. The highest BCUT2D eigenvalue weighted by Gasteiger charge is 2.47. The molecule has 1 saturated heterocycles. The third-order valence-corrected chi connectivity index (χ3v) is 5.39. The van der Waals surface area contributed by atoms with Gasteiger partial charge in [-0.3, -0.25) is 9.59 Å². The van der Waals surface area contributed by atoms with Crippen molar-refractivity contribution in [2.45, 2.75) is 19.0 Å². The Morgan fingerprint density at radius 2 is 1.67 bits per heavy atom. The molecular weight excluding hydrogens is 398 g/mol. The van der Waals surface area contributed by atoms with Crippen molar-refractivity contribution >= 4 is 29.6 Å². The number of halogens is 1. The molecule has 1 aliphatic rings. The fourth-order valence-electron chi connectivity index (χ4n) is 3.54. The summed E-state index contributed by atoms with van der Waals surface area (Å²) >= 11 is 6.06. The summed E-state index contributed by atoms with van der Waals surface area (Å²) in [6.45, 7) is 2.01. The van der Waals surface area contributed by atoms with Crippen molar-refractivity contribution in [2.24, 2.45) is 0 Å². The molecule has 1 aliphatic heterocycles. The molecule has 0 unspecified atom stereocenters. The van der Waals surface area contributed by atoms with E-state index >= 15 is 0 Å². The smallest absolute Gasteiger partial charge is 0.304 e. The zero-order valence-corrected chi connectivity index (χ0v) is 17.1. The van der Waals surface area contributed by atoms with E-state index in [1.165, 1.54) is 0 Å². The lowest BCUT2D eigenvalue weighted by Gasteiger charge is -2.15. The molecule has 4 rings (SSSR count). The monoisotopic (exact) mass is 418 g/mol. The van der Waals surface area contributed by atoms with E-state index in [0.29, 0.717) is 10.6 Å². The lowest BCUT2D eigenvalue weighted by Crippen LogP contribution is -2.42. The van der Waals surface area contributed by atoms with E-state index < -0.39 is 12.1 Å². The number of amides is 2. The molecule has 3 aromatic rings. The van der Waals surface area contributed by atoms with Crippen molar-refractivity contribution in [2.75, 3.05) is 0 Å². The minimum absolute atomic E-state index is 0.274. The van der Waals surface area contributed by atoms with Gasteiger partial charge in [-0.1, -0.05) is 60.1 Å². The Morgan fingerprint density at radius 1 is 1.00 bits per heavy atom. The maximum atomic E-state index is 12.9. The average molecular weight is 419 g/mol. The normalized spacial score (nSPS) is 19.5. The summed E-state index contributed by atoms with van der Waals surface area (Å²) in [5.74, 6) is -0.573. The maximum absolute atomic E-state index is 12.9. The number of carbonyl (C=O) groups is 2. The molecule has 0 aliphatic carbocycles. The van der Waals surface area contributed by atoms with E-state index in [2.05, 4.69) is 10.7 Å². The second-order valence-corrected chi connectivity index (χ2v) is 7.62. The Hall–Kier alpha value is -3.44. The van der Waals surface area contributed by atoms with Crippen LogP contribution in [-0.4, -0.2) is 28.8 Å². The van der Waals surface area contributed by atoms with Crippen molar-refractivity contribution in [3.05, 3.63) is 106 Å². The van der Waals surface area contributed by atoms with Crippen LogP contribution in [0.3, 0.4) is 0 Å². The number of benzene rings is 3. The predicted molar refractivity (Wildman–Crippen MR) is 117 cm³/mol. The first-order valence-corrected chi connectivity index (χ1v) is 10.0. The van der Waals surface area contributed by atoms with E-state index in [-0.39, 0.29) is 11.8 Å². The van der Waals surface area contributed by atoms with Crippen LogP contribution in [0.1, 0.15) is 33.1 Å². The molecule has 0 aromatic heterocycles. The molecular formula is C24H21ClN3O2+. The first-order chi connectivity index (χ1) is 14.5. The highest BCUT2D eigenvalue weighted by molar-refractivity contribution is 6.30. The number of nitrogens with zero attached hydrogens (tertiary/aromatic N) is 1. The summed E-state index contributed by atoms with van der Waals surface area (Å²) in [5.41, 5.74) is 6.31. The zero-order valence-electron chi connectivity index (χ0n) is 16.4. The van der Waals surface area contributed by atoms with Gasteiger partial charge in [0.15, 0.2) is 6.04 Å². The molecule has 6 heteroatoms. The van der Waals surface area contributed by atoms with Crippen LogP contribution in [0.25, 0.3) is 0 Å². The summed E-state index contributed by atoms with van der Waals surface area (Å²) < 4.78 is 1.75. The fourth-order valence-corrected chi connectivity index (χ4v) is 3.66. The van der Waals surface area contributed by atoms with Crippen LogP contribution in [0.4, 0.5) is 0 Å². The first kappa shape index (κ1) is 19.9. The standard InChI is InChI=1S/C24H20ClN3O2/c1-16-7-5-6-10-19(16)15-28-22(17-11-13-20(25)14-12-17)21(24(30)27-28)26-23(29)18-8-3-2-4-9-18/h2-15,21-22H,1H3,(H-,26,27,29,30)/p+1/b28-15-/t21-,22-/m0/s1. The Kier molecular flexibility index (Phi) is 5.63. The van der Waals surface area contributed by atoms with Gasteiger partial charge in [-0.05, 0) is 42.8 Å². The molecule has 2 amide bonds. The SMILES string of the molecule is Cc1ccccc1/C=[N+]1\NC(=O)[C@@H](NC(=O)c2ccccc2)[C@@H]1c1ccc(Cl)cc1. The third kappa shape index (κ3) is 4.11. The van der Waals surface area contributed by atoms with Gasteiger partial charge in [0, 0.05) is 21.7 Å². The summed E-state index contributed by atoms with van der Waals surface area (Å²) in [7, 11) is 0. The molecule has 0 spiro atoms. The highest BCUT2D eigenvalue weighted by atomic mass is 35.5. The second kappa shape index (κ2) is 8.51. The number of nitrogens with one attached hydrogen (secondary N) is 2. The van der Waals surface area contributed by atoms with E-state index in [0.717, 1.165) is 16.7 Å². The van der Waals surface area contributed by atoms with Crippen molar-refractivity contribution in [1.29, 1.82) is 0 Å². The van der Waals surface area contributed by atoms with Crippen molar-refractivity contribution in [3.8, 4) is 0 Å². The van der Waals surface area contributed by atoms with E-state index in [1.54, 1.807) is 41.1 Å². The number of rotatable bonds is 4. The molecule has 30 heavy (non-hydrogen) atoms. The van der Waals surface area contributed by atoms with Gasteiger partial charge in [-0.15, -0.1) is 10.1 Å². The minimum atomic E-state index is -0.765. The largest absolute Gasteiger partial charge is 0.334 e. The van der Waals surface area contributed by atoms with Gasteiger partial charge in [0.05, 0.1) is 0 Å². The summed E-state index contributed by atoms with van der Waals surface area (Å²) in [4.78, 5) is 25.6. The van der Waals surface area contributed by atoms with Gasteiger partial charge in [-0.2, -0.15) is 0 Å². The number of carbonyl (C=O) groups excluding carboxylic acids is 2. The first-order valence-electron chi connectivity index (χ1n) is 9.63. The van der Waals surface area contributed by atoms with E-state index in [1.807, 2.05) is 55.6 Å². The zero-order chi connectivity index (χ0) is 21.1. The molecule has 1 fully saturated rings. The molecule has 5 nitrogen and oxygen atoms in total. The number of hydrogen-bond donors (Lipinski definition) is 2. The highest BCUT2D eigenvalue weighted by Crippen LogP contribution is 2.27. The summed E-state index contributed by atoms with van der Waals surface area (Å²) in [6, 6.07) is 22.9. The third-order valence-electron chi connectivity index (χ3n) is 5.14. The maximum Gasteiger partial charge on any atom is 0.304 e. The predicted octanol–water partition coefficient (Wildman–Crippen LogP) is 3.66. The lowest BCUT2D eigenvalue weighted by atomic mass is 9.99. The topological polar surface area (TPSA) is 61.2 Å². The van der Waals surface area contributed by atoms with Crippen LogP contribution >= 0.6 is 11.6 Å². The van der Waals surface area contributed by atoms with Crippen LogP contribution in [0.5, 0.6) is 0 Å². The Morgan fingerprint density at radius 3 is 2.37 bits per heavy atom. The van der Waals surface area contributed by atoms with Gasteiger partial charge in [0.25, 0.3) is 5.91 Å². The van der Waals surface area contributed by atoms with Crippen LogP contribution in [0, 0.1) is 6.92 Å². The van der Waals surface area contributed by atoms with Gasteiger partial charge in [0.1, 0.15) is 0 Å². The fraction of sp³-hybridized carbons (Fsp3) is 0.125. The van der Waals surface area contributed by atoms with Gasteiger partial charge >= 0.3 is 5.91 Å². The van der Waals surface area contributed by atoms with Crippen molar-refractivity contribution in [1.82, 2.24) is 10.7 Å². The molecule has 2 N–H and O–H groups in total. The minimum Gasteiger partial charge on any atom is -0.334 e. The van der Waals surface area contributed by atoms with Gasteiger partial charge < -0.3 is 5.32 Å². The second-order valence-electron chi connectivity index (χ2n) is 7.18. The quantitative estimate of drug-likeness (QED) is 0.635. The van der Waals surface area contributed by atoms with E-state index in [4.69, 9.17) is 11.6 Å². The van der Waals surface area contributed by atoms with Gasteiger partial charge in [-0.25, -0.2) is 0 Å².